The number of carboxylic acid groups (broad SMARTS) is 1. The summed E-state index contributed by atoms with van der Waals surface area (Å²) < 4.78 is 7.47. The number of hydrogen-bond acceptors (Lipinski definition) is 3. The highest BCUT2D eigenvalue weighted by molar-refractivity contribution is 5.83. The van der Waals surface area contributed by atoms with Crippen LogP contribution in [0.1, 0.15) is 26.0 Å². The molecule has 0 saturated carbocycles. The molecule has 0 aliphatic rings. The van der Waals surface area contributed by atoms with E-state index in [1.54, 1.807) is 0 Å². The molecule has 2 N–H and O–H groups in total. The van der Waals surface area contributed by atoms with Crippen LogP contribution in [0, 0.1) is 0 Å². The number of aryl methyl sites for hydroxylation is 1. The molecular weight excluding hydrogens is 258 g/mol. The van der Waals surface area contributed by atoms with E-state index in [9.17, 15) is 9.90 Å². The minimum Gasteiger partial charge on any atom is -0.491 e. The number of fused-ring (bicyclic) bond motifs is 1. The molecule has 20 heavy (non-hydrogen) atoms. The van der Waals surface area contributed by atoms with Crippen LogP contribution in [0.15, 0.2) is 24.3 Å². The number of rotatable bonds is 6. The first kappa shape index (κ1) is 14.4. The van der Waals surface area contributed by atoms with Crippen LogP contribution in [0.3, 0.4) is 0 Å². The van der Waals surface area contributed by atoms with Gasteiger partial charge in [0.15, 0.2) is 0 Å². The Morgan fingerprint density at radius 2 is 2.10 bits per heavy atom. The van der Waals surface area contributed by atoms with Gasteiger partial charge in [-0.1, -0.05) is 0 Å². The maximum atomic E-state index is 10.7. The fourth-order valence-electron chi connectivity index (χ4n) is 2.25. The lowest BCUT2D eigenvalue weighted by Crippen LogP contribution is -2.07. The summed E-state index contributed by atoms with van der Waals surface area (Å²) in [6.07, 6.45) is 0.125. The van der Waals surface area contributed by atoms with Crippen molar-refractivity contribution in [3.8, 4) is 5.75 Å². The molecule has 5 heteroatoms. The number of aliphatic hydroxyl groups excluding tert-OH is 1. The molecule has 0 fully saturated rings. The third-order valence-electron chi connectivity index (χ3n) is 3.04. The second kappa shape index (κ2) is 5.96. The quantitative estimate of drug-likeness (QED) is 0.850. The van der Waals surface area contributed by atoms with E-state index in [2.05, 4.69) is 0 Å². The number of carboxylic acids is 1. The van der Waals surface area contributed by atoms with Gasteiger partial charge in [-0.25, -0.2) is 0 Å². The first-order valence-electron chi connectivity index (χ1n) is 6.62. The molecule has 0 saturated heterocycles. The monoisotopic (exact) mass is 277 g/mol. The van der Waals surface area contributed by atoms with Crippen LogP contribution in [0.5, 0.6) is 5.75 Å². The van der Waals surface area contributed by atoms with Crippen molar-refractivity contribution in [3.05, 3.63) is 30.0 Å². The van der Waals surface area contributed by atoms with Gasteiger partial charge >= 0.3 is 5.97 Å². The summed E-state index contributed by atoms with van der Waals surface area (Å²) in [5.41, 5.74) is 1.62. The summed E-state index contributed by atoms with van der Waals surface area (Å²) in [6, 6.07) is 7.53. The fourth-order valence-corrected chi connectivity index (χ4v) is 2.25. The molecule has 0 spiro atoms. The lowest BCUT2D eigenvalue weighted by atomic mass is 10.2. The zero-order chi connectivity index (χ0) is 14.7. The van der Waals surface area contributed by atoms with Crippen molar-refractivity contribution in [2.24, 2.45) is 0 Å². The molecule has 1 aromatic carbocycles. The second-order valence-electron chi connectivity index (χ2n) is 4.98. The highest BCUT2D eigenvalue weighted by Gasteiger charge is 2.10. The smallest absolute Gasteiger partial charge is 0.305 e. The van der Waals surface area contributed by atoms with E-state index in [0.717, 1.165) is 16.7 Å². The predicted molar refractivity (Wildman–Crippen MR) is 75.9 cm³/mol. The number of nitrogens with zero attached hydrogens (tertiary/aromatic N) is 1. The molecule has 1 aromatic heterocycles. The molecule has 0 unspecified atom stereocenters. The van der Waals surface area contributed by atoms with Crippen LogP contribution < -0.4 is 4.74 Å². The minimum absolute atomic E-state index is 0.0288. The van der Waals surface area contributed by atoms with Gasteiger partial charge in [0, 0.05) is 23.1 Å². The Labute approximate surface area is 117 Å². The molecule has 108 valence electrons. The van der Waals surface area contributed by atoms with Crippen LogP contribution in [-0.2, 0) is 17.9 Å². The third-order valence-corrected chi connectivity index (χ3v) is 3.04. The lowest BCUT2D eigenvalue weighted by Gasteiger charge is -2.10. The van der Waals surface area contributed by atoms with Gasteiger partial charge in [-0.05, 0) is 38.1 Å². The summed E-state index contributed by atoms with van der Waals surface area (Å²) in [4.78, 5) is 10.7. The summed E-state index contributed by atoms with van der Waals surface area (Å²) in [6.45, 7) is 4.15. The standard InChI is InChI=1S/C15H19NO4/c1-10(2)20-13-3-4-14-11(8-13)7-12(9-17)16(14)6-5-15(18)19/h3-4,7-8,10,17H,5-6,9H2,1-2H3,(H,18,19). The largest absolute Gasteiger partial charge is 0.491 e. The molecule has 0 radical (unpaired) electrons. The Hall–Kier alpha value is -2.01. The number of benzene rings is 1. The van der Waals surface area contributed by atoms with Crippen molar-refractivity contribution in [1.82, 2.24) is 4.57 Å². The highest BCUT2D eigenvalue weighted by atomic mass is 16.5. The van der Waals surface area contributed by atoms with Crippen LogP contribution in [0.25, 0.3) is 10.9 Å². The predicted octanol–water partition coefficient (Wildman–Crippen LogP) is 2.40. The summed E-state index contributed by atoms with van der Waals surface area (Å²) >= 11 is 0. The molecule has 0 aliphatic heterocycles. The maximum Gasteiger partial charge on any atom is 0.305 e. The van der Waals surface area contributed by atoms with E-state index >= 15 is 0 Å². The zero-order valence-electron chi connectivity index (χ0n) is 11.7. The normalized spacial score (nSPS) is 11.2. The minimum atomic E-state index is -0.851. The number of aromatic nitrogens is 1. The van der Waals surface area contributed by atoms with Crippen LogP contribution in [0.4, 0.5) is 0 Å². The second-order valence-corrected chi connectivity index (χ2v) is 4.98. The van der Waals surface area contributed by atoms with Gasteiger partial charge in [0.1, 0.15) is 5.75 Å². The number of hydrogen-bond donors (Lipinski definition) is 2. The SMILES string of the molecule is CC(C)Oc1ccc2c(c1)cc(CO)n2CCC(=O)O. The number of aliphatic carboxylic acids is 1. The zero-order valence-corrected chi connectivity index (χ0v) is 11.7. The van der Waals surface area contributed by atoms with Gasteiger partial charge in [0.2, 0.25) is 0 Å². The lowest BCUT2D eigenvalue weighted by molar-refractivity contribution is -0.137. The molecule has 2 aromatic rings. The highest BCUT2D eigenvalue weighted by Crippen LogP contribution is 2.25. The van der Waals surface area contributed by atoms with E-state index < -0.39 is 5.97 Å². The summed E-state index contributed by atoms with van der Waals surface area (Å²) in [5, 5.41) is 19.1. The van der Waals surface area contributed by atoms with Crippen molar-refractivity contribution in [2.45, 2.75) is 39.5 Å². The third kappa shape index (κ3) is 3.11. The number of aliphatic hydroxyl groups is 1. The van der Waals surface area contributed by atoms with Gasteiger partial charge < -0.3 is 19.5 Å². The van der Waals surface area contributed by atoms with Crippen LogP contribution in [0.2, 0.25) is 0 Å². The average molecular weight is 277 g/mol. The maximum absolute atomic E-state index is 10.7. The fraction of sp³-hybridized carbons (Fsp3) is 0.400. The van der Waals surface area contributed by atoms with E-state index in [-0.39, 0.29) is 19.1 Å². The topological polar surface area (TPSA) is 71.7 Å². The Balaban J connectivity index is 2.38. The summed E-state index contributed by atoms with van der Waals surface area (Å²) in [7, 11) is 0. The number of carbonyl (C=O) groups is 1. The van der Waals surface area contributed by atoms with Gasteiger partial charge in [-0.15, -0.1) is 0 Å². The van der Waals surface area contributed by atoms with Crippen molar-refractivity contribution in [3.63, 3.8) is 0 Å². The van der Waals surface area contributed by atoms with Gasteiger partial charge in [0.05, 0.1) is 19.1 Å². The first-order chi connectivity index (χ1) is 9.51. The van der Waals surface area contributed by atoms with Crippen LogP contribution in [-0.4, -0.2) is 26.9 Å². The van der Waals surface area contributed by atoms with E-state index in [1.165, 1.54) is 0 Å². The first-order valence-corrected chi connectivity index (χ1v) is 6.62. The molecule has 0 bridgehead atoms. The van der Waals surface area contributed by atoms with E-state index in [1.807, 2.05) is 42.7 Å². The van der Waals surface area contributed by atoms with Crippen molar-refractivity contribution >= 4 is 16.9 Å². The molecule has 0 aliphatic carbocycles. The Morgan fingerprint density at radius 3 is 2.70 bits per heavy atom. The molecule has 0 atom stereocenters. The summed E-state index contributed by atoms with van der Waals surface area (Å²) in [5.74, 6) is -0.0807. The van der Waals surface area contributed by atoms with E-state index in [4.69, 9.17) is 9.84 Å². The van der Waals surface area contributed by atoms with Gasteiger partial charge in [0.25, 0.3) is 0 Å². The van der Waals surface area contributed by atoms with Gasteiger partial charge in [-0.3, -0.25) is 4.79 Å². The average Bonchev–Trinajstić information content (AvgIpc) is 2.72. The molecular formula is C15H19NO4. The Morgan fingerprint density at radius 1 is 1.35 bits per heavy atom. The molecule has 5 nitrogen and oxygen atoms in total. The van der Waals surface area contributed by atoms with Gasteiger partial charge in [-0.2, -0.15) is 0 Å². The molecule has 2 rings (SSSR count). The number of ether oxygens (including phenoxy) is 1. The van der Waals surface area contributed by atoms with Crippen LogP contribution >= 0.6 is 0 Å². The molecule has 0 amide bonds. The van der Waals surface area contributed by atoms with Crippen molar-refractivity contribution < 1.29 is 19.7 Å². The Bertz CT molecular complexity index is 616. The van der Waals surface area contributed by atoms with E-state index in [0.29, 0.717) is 12.2 Å². The Kier molecular flexibility index (Phi) is 4.29. The van der Waals surface area contributed by atoms with Crippen molar-refractivity contribution in [1.29, 1.82) is 0 Å². The molecule has 1 heterocycles. The van der Waals surface area contributed by atoms with Crippen molar-refractivity contribution in [2.75, 3.05) is 0 Å².